The van der Waals surface area contributed by atoms with Crippen LogP contribution in [0.25, 0.3) is 0 Å². The first kappa shape index (κ1) is 13.7. The van der Waals surface area contributed by atoms with Crippen molar-refractivity contribution in [1.29, 1.82) is 0 Å². The van der Waals surface area contributed by atoms with Crippen molar-refractivity contribution in [3.63, 3.8) is 0 Å². The topological polar surface area (TPSA) is 127 Å². The average molecular weight is 274 g/mol. The lowest BCUT2D eigenvalue weighted by atomic mass is 10.1. The van der Waals surface area contributed by atoms with E-state index in [4.69, 9.17) is 5.73 Å². The Balaban J connectivity index is 2.15. The van der Waals surface area contributed by atoms with Crippen molar-refractivity contribution in [3.8, 4) is 0 Å². The summed E-state index contributed by atoms with van der Waals surface area (Å²) in [5.74, 6) is -0.939. The van der Waals surface area contributed by atoms with Gasteiger partial charge in [-0.3, -0.25) is 14.6 Å². The standard InChI is InChI=1S/C12H14N6O2/c1-6(2)8-4-3-7(5-14-8)12(20)15-11-9(10(13)19)16-18-17-11/h3-6H,1-2H3,(H2,13,19)(H2,15,16,17,18,20). The molecular formula is C12H14N6O2. The monoisotopic (exact) mass is 274 g/mol. The van der Waals surface area contributed by atoms with E-state index < -0.39 is 11.8 Å². The zero-order chi connectivity index (χ0) is 14.7. The van der Waals surface area contributed by atoms with Crippen LogP contribution in [0.5, 0.6) is 0 Å². The predicted molar refractivity (Wildman–Crippen MR) is 71.2 cm³/mol. The number of nitrogens with zero attached hydrogens (tertiary/aromatic N) is 3. The number of rotatable bonds is 4. The number of hydrogen-bond acceptors (Lipinski definition) is 5. The third-order valence-corrected chi connectivity index (χ3v) is 2.65. The molecule has 0 atom stereocenters. The molecule has 0 aliphatic heterocycles. The largest absolute Gasteiger partial charge is 0.364 e. The summed E-state index contributed by atoms with van der Waals surface area (Å²) in [6.45, 7) is 4.02. The SMILES string of the molecule is CC(C)c1ccc(C(=O)Nc2n[nH]nc2C(N)=O)cn1. The van der Waals surface area contributed by atoms with Gasteiger partial charge in [-0.05, 0) is 18.1 Å². The van der Waals surface area contributed by atoms with Crippen molar-refractivity contribution in [1.82, 2.24) is 20.4 Å². The summed E-state index contributed by atoms with van der Waals surface area (Å²) in [5, 5.41) is 11.9. The van der Waals surface area contributed by atoms with Gasteiger partial charge in [0.1, 0.15) is 0 Å². The van der Waals surface area contributed by atoms with E-state index in [9.17, 15) is 9.59 Å². The minimum atomic E-state index is -0.776. The van der Waals surface area contributed by atoms with Crippen LogP contribution in [0.15, 0.2) is 18.3 Å². The fourth-order valence-corrected chi connectivity index (χ4v) is 1.55. The summed E-state index contributed by atoms with van der Waals surface area (Å²) in [5.41, 5.74) is 6.23. The van der Waals surface area contributed by atoms with E-state index in [0.29, 0.717) is 5.56 Å². The molecule has 0 aromatic carbocycles. The van der Waals surface area contributed by atoms with Gasteiger partial charge in [0.15, 0.2) is 11.5 Å². The zero-order valence-electron chi connectivity index (χ0n) is 11.0. The maximum Gasteiger partial charge on any atom is 0.273 e. The maximum atomic E-state index is 12.0. The van der Waals surface area contributed by atoms with Gasteiger partial charge in [-0.25, -0.2) is 0 Å². The van der Waals surface area contributed by atoms with Gasteiger partial charge in [-0.15, -0.1) is 10.2 Å². The number of nitrogens with one attached hydrogen (secondary N) is 2. The molecule has 2 heterocycles. The first-order valence-electron chi connectivity index (χ1n) is 5.97. The van der Waals surface area contributed by atoms with Crippen LogP contribution in [0.2, 0.25) is 0 Å². The van der Waals surface area contributed by atoms with Crippen LogP contribution in [0.1, 0.15) is 46.3 Å². The number of carbonyl (C=O) groups excluding carboxylic acids is 2. The highest BCUT2D eigenvalue weighted by molar-refractivity contribution is 6.06. The number of H-pyrrole nitrogens is 1. The Morgan fingerprint density at radius 2 is 2.05 bits per heavy atom. The molecule has 8 heteroatoms. The van der Waals surface area contributed by atoms with Crippen LogP contribution < -0.4 is 11.1 Å². The first-order chi connectivity index (χ1) is 9.49. The van der Waals surface area contributed by atoms with E-state index in [-0.39, 0.29) is 17.4 Å². The number of carbonyl (C=O) groups is 2. The minimum Gasteiger partial charge on any atom is -0.364 e. The van der Waals surface area contributed by atoms with Gasteiger partial charge < -0.3 is 11.1 Å². The van der Waals surface area contributed by atoms with Crippen molar-refractivity contribution in [2.24, 2.45) is 5.73 Å². The zero-order valence-corrected chi connectivity index (χ0v) is 11.0. The molecule has 0 aliphatic carbocycles. The quantitative estimate of drug-likeness (QED) is 0.755. The Morgan fingerprint density at radius 1 is 1.30 bits per heavy atom. The molecule has 0 saturated heterocycles. The lowest BCUT2D eigenvalue weighted by molar-refractivity contribution is 0.0996. The smallest absolute Gasteiger partial charge is 0.273 e. The van der Waals surface area contributed by atoms with Crippen LogP contribution in [-0.4, -0.2) is 32.2 Å². The van der Waals surface area contributed by atoms with Gasteiger partial charge in [-0.1, -0.05) is 13.8 Å². The molecule has 2 aromatic heterocycles. The third kappa shape index (κ3) is 2.79. The van der Waals surface area contributed by atoms with Gasteiger partial charge in [0, 0.05) is 11.9 Å². The van der Waals surface area contributed by atoms with Gasteiger partial charge in [0.2, 0.25) is 0 Å². The molecule has 2 amide bonds. The molecule has 0 spiro atoms. The number of amides is 2. The fourth-order valence-electron chi connectivity index (χ4n) is 1.55. The van der Waals surface area contributed by atoms with E-state index in [1.807, 2.05) is 13.8 Å². The minimum absolute atomic E-state index is 0.00423. The van der Waals surface area contributed by atoms with Crippen LogP contribution in [-0.2, 0) is 0 Å². The number of primary amides is 1. The number of nitrogens with two attached hydrogens (primary N) is 1. The van der Waals surface area contributed by atoms with Crippen molar-refractivity contribution in [3.05, 3.63) is 35.3 Å². The molecular weight excluding hydrogens is 260 g/mol. The van der Waals surface area contributed by atoms with Gasteiger partial charge in [0.05, 0.1) is 5.56 Å². The van der Waals surface area contributed by atoms with Crippen molar-refractivity contribution < 1.29 is 9.59 Å². The Kier molecular flexibility index (Phi) is 3.74. The molecule has 2 aromatic rings. The second-order valence-electron chi connectivity index (χ2n) is 4.47. The maximum absolute atomic E-state index is 12.0. The molecule has 0 aliphatic rings. The van der Waals surface area contributed by atoms with Gasteiger partial charge in [-0.2, -0.15) is 5.21 Å². The second-order valence-corrected chi connectivity index (χ2v) is 4.47. The third-order valence-electron chi connectivity index (χ3n) is 2.65. The Morgan fingerprint density at radius 3 is 2.60 bits per heavy atom. The predicted octanol–water partition coefficient (Wildman–Crippen LogP) is 0.674. The summed E-state index contributed by atoms with van der Waals surface area (Å²) in [6.07, 6.45) is 1.47. The summed E-state index contributed by atoms with van der Waals surface area (Å²) >= 11 is 0. The van der Waals surface area contributed by atoms with E-state index in [1.54, 1.807) is 12.1 Å². The number of aromatic amines is 1. The summed E-state index contributed by atoms with van der Waals surface area (Å²) in [4.78, 5) is 27.2. The molecule has 4 N–H and O–H groups in total. The number of aromatic nitrogens is 4. The molecule has 0 saturated carbocycles. The Hall–Kier alpha value is -2.77. The lowest BCUT2D eigenvalue weighted by Gasteiger charge is -2.06. The van der Waals surface area contributed by atoms with E-state index in [0.717, 1.165) is 5.69 Å². The highest BCUT2D eigenvalue weighted by Crippen LogP contribution is 2.13. The molecule has 0 radical (unpaired) electrons. The van der Waals surface area contributed by atoms with E-state index in [2.05, 4.69) is 25.7 Å². The fraction of sp³-hybridized carbons (Fsp3) is 0.250. The van der Waals surface area contributed by atoms with Crippen molar-refractivity contribution in [2.45, 2.75) is 19.8 Å². The molecule has 0 unspecified atom stereocenters. The Labute approximate surface area is 114 Å². The van der Waals surface area contributed by atoms with Crippen molar-refractivity contribution in [2.75, 3.05) is 5.32 Å². The number of hydrogen-bond donors (Lipinski definition) is 3. The number of pyridine rings is 1. The van der Waals surface area contributed by atoms with Crippen LogP contribution >= 0.6 is 0 Å². The molecule has 20 heavy (non-hydrogen) atoms. The highest BCUT2D eigenvalue weighted by Gasteiger charge is 2.16. The van der Waals surface area contributed by atoms with Crippen LogP contribution in [0.4, 0.5) is 5.82 Å². The summed E-state index contributed by atoms with van der Waals surface area (Å²) < 4.78 is 0. The number of anilines is 1. The average Bonchev–Trinajstić information content (AvgIpc) is 2.87. The van der Waals surface area contributed by atoms with E-state index >= 15 is 0 Å². The first-order valence-corrected chi connectivity index (χ1v) is 5.97. The second kappa shape index (κ2) is 5.47. The molecule has 8 nitrogen and oxygen atoms in total. The lowest BCUT2D eigenvalue weighted by Crippen LogP contribution is -2.18. The van der Waals surface area contributed by atoms with Gasteiger partial charge in [0.25, 0.3) is 11.8 Å². The molecule has 0 bridgehead atoms. The molecule has 104 valence electrons. The van der Waals surface area contributed by atoms with Gasteiger partial charge >= 0.3 is 0 Å². The summed E-state index contributed by atoms with van der Waals surface area (Å²) in [6, 6.07) is 3.43. The molecule has 0 fully saturated rings. The summed E-state index contributed by atoms with van der Waals surface area (Å²) in [7, 11) is 0. The van der Waals surface area contributed by atoms with E-state index in [1.165, 1.54) is 6.20 Å². The normalized spacial score (nSPS) is 10.6. The van der Waals surface area contributed by atoms with Crippen molar-refractivity contribution >= 4 is 17.6 Å². The molecule has 2 rings (SSSR count). The Bertz CT molecular complexity index is 632. The van der Waals surface area contributed by atoms with Crippen LogP contribution in [0, 0.1) is 0 Å². The highest BCUT2D eigenvalue weighted by atomic mass is 16.2. The van der Waals surface area contributed by atoms with Crippen LogP contribution in [0.3, 0.4) is 0 Å².